The summed E-state index contributed by atoms with van der Waals surface area (Å²) in [7, 11) is 0. The minimum absolute atomic E-state index is 0.103. The molecular weight excluding hydrogens is 829 g/mol. The van der Waals surface area contributed by atoms with Gasteiger partial charge in [0.25, 0.3) is 0 Å². The molecule has 0 aliphatic heterocycles. The molecule has 0 radical (unpaired) electrons. The average molecular weight is 931 g/mol. The van der Waals surface area contributed by atoms with Gasteiger partial charge in [-0.1, -0.05) is 240 Å². The van der Waals surface area contributed by atoms with E-state index in [0.29, 0.717) is 19.3 Å². The van der Waals surface area contributed by atoms with Crippen molar-refractivity contribution in [2.45, 2.75) is 258 Å². The fraction of sp³-hybridized carbons (Fsp3) is 0.689. The Balaban J connectivity index is 4.49. The summed E-state index contributed by atoms with van der Waals surface area (Å²) in [6.45, 7) is 6.36. The molecule has 67 heavy (non-hydrogen) atoms. The highest BCUT2D eigenvalue weighted by Crippen LogP contribution is 2.15. The third-order valence-corrected chi connectivity index (χ3v) is 11.6. The summed E-state index contributed by atoms with van der Waals surface area (Å²) in [4.78, 5) is 38.1. The molecule has 0 N–H and O–H groups in total. The van der Waals surface area contributed by atoms with Crippen molar-refractivity contribution in [2.24, 2.45) is 0 Å². The number of hydrogen-bond acceptors (Lipinski definition) is 6. The monoisotopic (exact) mass is 931 g/mol. The standard InChI is InChI=1S/C61H102O6/c1-4-7-10-13-16-19-22-25-28-30-33-36-39-42-45-48-51-54-60(63)66-57-58(56-65-59(62)53-50-47-44-41-38-35-32-27-24-21-18-15-12-9-6-3)67-61(64)55-52-49-46-43-40-37-34-31-29-26-23-20-17-14-11-8-5-2/h7,9-10,12,16,18-19,21,25,27-28,32-33,36,42,45,58H,4-6,8,11,13-15,17,20,22-24,26,29-31,34-35,37-41,43-44,46-57H2,1-3H3/b10-7+,12-9+,19-16+,21-18+,28-25+,32-27+,36-33+,45-42+/t58-/m1/s1. The predicted molar refractivity (Wildman–Crippen MR) is 288 cm³/mol. The lowest BCUT2D eigenvalue weighted by molar-refractivity contribution is -0.167. The number of hydrogen-bond donors (Lipinski definition) is 0. The first-order valence-electron chi connectivity index (χ1n) is 27.7. The Kier molecular flexibility index (Phi) is 51.9. The van der Waals surface area contributed by atoms with Gasteiger partial charge in [-0.25, -0.2) is 0 Å². The van der Waals surface area contributed by atoms with Crippen LogP contribution in [0.3, 0.4) is 0 Å². The van der Waals surface area contributed by atoms with Gasteiger partial charge in [-0.3, -0.25) is 14.4 Å². The molecule has 0 bridgehead atoms. The Morgan fingerprint density at radius 1 is 0.313 bits per heavy atom. The number of esters is 3. The van der Waals surface area contributed by atoms with Crippen LogP contribution in [-0.4, -0.2) is 37.2 Å². The molecule has 0 spiro atoms. The first-order chi connectivity index (χ1) is 33.0. The lowest BCUT2D eigenvalue weighted by Gasteiger charge is -2.18. The van der Waals surface area contributed by atoms with Crippen LogP contribution in [0.4, 0.5) is 0 Å². The van der Waals surface area contributed by atoms with E-state index in [4.69, 9.17) is 14.2 Å². The lowest BCUT2D eigenvalue weighted by Crippen LogP contribution is -2.30. The Labute approximate surface area is 413 Å². The number of allylic oxidation sites excluding steroid dienone is 16. The maximum absolute atomic E-state index is 12.8. The zero-order chi connectivity index (χ0) is 48.6. The van der Waals surface area contributed by atoms with E-state index < -0.39 is 6.10 Å². The summed E-state index contributed by atoms with van der Waals surface area (Å²) in [5, 5.41) is 0. The highest BCUT2D eigenvalue weighted by Gasteiger charge is 2.19. The Hall–Kier alpha value is -3.67. The van der Waals surface area contributed by atoms with Gasteiger partial charge in [0.05, 0.1) is 0 Å². The normalized spacial score (nSPS) is 12.8. The zero-order valence-electron chi connectivity index (χ0n) is 43.6. The van der Waals surface area contributed by atoms with Crippen molar-refractivity contribution in [1.82, 2.24) is 0 Å². The van der Waals surface area contributed by atoms with Gasteiger partial charge >= 0.3 is 17.9 Å². The van der Waals surface area contributed by atoms with Crippen LogP contribution in [0.15, 0.2) is 97.2 Å². The zero-order valence-corrected chi connectivity index (χ0v) is 43.6. The van der Waals surface area contributed by atoms with E-state index in [1.807, 2.05) is 0 Å². The van der Waals surface area contributed by atoms with Crippen molar-refractivity contribution < 1.29 is 28.6 Å². The number of carbonyl (C=O) groups is 3. The van der Waals surface area contributed by atoms with Crippen molar-refractivity contribution >= 4 is 17.9 Å². The molecule has 0 aromatic heterocycles. The van der Waals surface area contributed by atoms with Gasteiger partial charge in [0, 0.05) is 19.3 Å². The number of carbonyl (C=O) groups excluding carboxylic acids is 3. The van der Waals surface area contributed by atoms with Gasteiger partial charge in [0.1, 0.15) is 13.2 Å². The molecule has 0 rings (SSSR count). The third-order valence-electron chi connectivity index (χ3n) is 11.6. The topological polar surface area (TPSA) is 78.9 Å². The second kappa shape index (κ2) is 54.9. The first-order valence-corrected chi connectivity index (χ1v) is 27.7. The fourth-order valence-corrected chi connectivity index (χ4v) is 7.49. The van der Waals surface area contributed by atoms with Crippen molar-refractivity contribution in [3.63, 3.8) is 0 Å². The fourth-order valence-electron chi connectivity index (χ4n) is 7.49. The molecule has 1 atom stereocenters. The van der Waals surface area contributed by atoms with Crippen LogP contribution in [0.1, 0.15) is 252 Å². The largest absolute Gasteiger partial charge is 0.462 e. The maximum atomic E-state index is 12.8. The summed E-state index contributed by atoms with van der Waals surface area (Å²) < 4.78 is 16.8. The molecule has 6 nitrogen and oxygen atoms in total. The highest BCUT2D eigenvalue weighted by molar-refractivity contribution is 5.71. The van der Waals surface area contributed by atoms with Crippen LogP contribution in [-0.2, 0) is 28.6 Å². The maximum Gasteiger partial charge on any atom is 0.306 e. The highest BCUT2D eigenvalue weighted by atomic mass is 16.6. The first kappa shape index (κ1) is 63.3. The molecule has 0 aromatic carbocycles. The molecule has 0 saturated heterocycles. The summed E-state index contributed by atoms with van der Waals surface area (Å²) in [6, 6.07) is 0. The quantitative estimate of drug-likeness (QED) is 0.0262. The molecular formula is C61H102O6. The van der Waals surface area contributed by atoms with Crippen molar-refractivity contribution in [1.29, 1.82) is 0 Å². The van der Waals surface area contributed by atoms with Crippen LogP contribution in [0.25, 0.3) is 0 Å². The second-order valence-electron chi connectivity index (χ2n) is 18.1. The van der Waals surface area contributed by atoms with E-state index in [0.717, 1.165) is 116 Å². The summed E-state index contributed by atoms with van der Waals surface area (Å²) in [5.74, 6) is -0.975. The smallest absolute Gasteiger partial charge is 0.306 e. The van der Waals surface area contributed by atoms with Gasteiger partial charge in [-0.05, 0) is 89.9 Å². The molecule has 6 heteroatoms. The van der Waals surface area contributed by atoms with Gasteiger partial charge in [-0.15, -0.1) is 0 Å². The Morgan fingerprint density at radius 2 is 0.597 bits per heavy atom. The minimum atomic E-state index is -0.807. The summed E-state index contributed by atoms with van der Waals surface area (Å²) >= 11 is 0. The van der Waals surface area contributed by atoms with E-state index in [1.165, 1.54) is 89.9 Å². The van der Waals surface area contributed by atoms with Crippen molar-refractivity contribution in [3.8, 4) is 0 Å². The molecule has 0 saturated carbocycles. The molecule has 0 amide bonds. The van der Waals surface area contributed by atoms with Gasteiger partial charge in [0.2, 0.25) is 0 Å². The summed E-state index contributed by atoms with van der Waals surface area (Å²) in [5.41, 5.74) is 0. The number of rotatable bonds is 49. The SMILES string of the molecule is CC/C=C/C/C=C/C/C=C/C/C=C/C/C=C/CCCC(=O)OC[C@@H](COC(=O)CCCCCCC/C=C/C/C=C/C/C=C/CC)OC(=O)CCCCCCCCCCCCCCCCCCC. The van der Waals surface area contributed by atoms with Gasteiger partial charge in [-0.2, -0.15) is 0 Å². The van der Waals surface area contributed by atoms with Crippen LogP contribution in [0.2, 0.25) is 0 Å². The van der Waals surface area contributed by atoms with Crippen LogP contribution in [0, 0.1) is 0 Å². The molecule has 382 valence electrons. The van der Waals surface area contributed by atoms with E-state index in [9.17, 15) is 14.4 Å². The molecule has 0 aromatic rings. The van der Waals surface area contributed by atoms with Crippen LogP contribution in [0.5, 0.6) is 0 Å². The Morgan fingerprint density at radius 3 is 0.970 bits per heavy atom. The van der Waals surface area contributed by atoms with Crippen LogP contribution < -0.4 is 0 Å². The van der Waals surface area contributed by atoms with Crippen LogP contribution >= 0.6 is 0 Å². The molecule has 0 fully saturated rings. The van der Waals surface area contributed by atoms with Crippen molar-refractivity contribution in [3.05, 3.63) is 97.2 Å². The Bertz CT molecular complexity index is 1350. The van der Waals surface area contributed by atoms with E-state index in [1.54, 1.807) is 0 Å². The van der Waals surface area contributed by atoms with Gasteiger partial charge in [0.15, 0.2) is 6.10 Å². The molecule has 0 aliphatic carbocycles. The number of ether oxygens (including phenoxy) is 3. The predicted octanol–water partition coefficient (Wildman–Crippen LogP) is 18.5. The molecule has 0 heterocycles. The van der Waals surface area contributed by atoms with Gasteiger partial charge < -0.3 is 14.2 Å². The molecule has 0 unspecified atom stereocenters. The van der Waals surface area contributed by atoms with E-state index in [2.05, 4.69) is 118 Å². The third kappa shape index (κ3) is 53.2. The lowest BCUT2D eigenvalue weighted by atomic mass is 10.0. The average Bonchev–Trinajstić information content (AvgIpc) is 3.33. The minimum Gasteiger partial charge on any atom is -0.462 e. The number of unbranched alkanes of at least 4 members (excludes halogenated alkanes) is 22. The summed E-state index contributed by atoms with van der Waals surface area (Å²) in [6.07, 6.45) is 72.6. The van der Waals surface area contributed by atoms with E-state index >= 15 is 0 Å². The second-order valence-corrected chi connectivity index (χ2v) is 18.1. The van der Waals surface area contributed by atoms with E-state index in [-0.39, 0.29) is 37.5 Å². The molecule has 0 aliphatic rings. The van der Waals surface area contributed by atoms with Crippen molar-refractivity contribution in [2.75, 3.05) is 13.2 Å².